The minimum absolute atomic E-state index is 0.407. The van der Waals surface area contributed by atoms with Gasteiger partial charge in [0, 0.05) is 6.54 Å². The molecule has 0 saturated carbocycles. The molecule has 2 rings (SSSR count). The van der Waals surface area contributed by atoms with Crippen molar-refractivity contribution < 1.29 is 4.74 Å². The van der Waals surface area contributed by atoms with Crippen molar-refractivity contribution in [3.05, 3.63) is 11.6 Å². The molecule has 1 saturated heterocycles. The van der Waals surface area contributed by atoms with Crippen LogP contribution in [0.3, 0.4) is 0 Å². The largest absolute Gasteiger partial charge is 0.373 e. The Labute approximate surface area is 93.1 Å². The fourth-order valence-electron chi connectivity index (χ4n) is 2.65. The van der Waals surface area contributed by atoms with Gasteiger partial charge < -0.3 is 10.1 Å². The van der Waals surface area contributed by atoms with Crippen molar-refractivity contribution in [3.63, 3.8) is 0 Å². The van der Waals surface area contributed by atoms with Crippen LogP contribution in [0.1, 0.15) is 39.5 Å². The van der Waals surface area contributed by atoms with Gasteiger partial charge in [-0.1, -0.05) is 25.5 Å². The molecule has 86 valence electrons. The molecule has 1 N–H and O–H groups in total. The first kappa shape index (κ1) is 11.2. The topological polar surface area (TPSA) is 24.6 Å². The summed E-state index contributed by atoms with van der Waals surface area (Å²) in [4.78, 5) is 0. The Morgan fingerprint density at radius 3 is 3.07 bits per heavy atom. The highest BCUT2D eigenvalue weighted by atomic mass is 16.6. The molecule has 0 bridgehead atoms. The van der Waals surface area contributed by atoms with Gasteiger partial charge >= 0.3 is 0 Å². The van der Waals surface area contributed by atoms with E-state index in [9.17, 15) is 0 Å². The van der Waals surface area contributed by atoms with Crippen molar-refractivity contribution in [1.29, 1.82) is 0 Å². The van der Waals surface area contributed by atoms with Crippen LogP contribution in [0.4, 0.5) is 0 Å². The van der Waals surface area contributed by atoms with Crippen LogP contribution < -0.4 is 5.32 Å². The Balaban J connectivity index is 1.92. The second-order valence-electron chi connectivity index (χ2n) is 5.25. The van der Waals surface area contributed by atoms with Crippen molar-refractivity contribution in [2.45, 2.75) is 45.6 Å². The molecule has 2 atom stereocenters. The van der Waals surface area contributed by atoms with Gasteiger partial charge in [-0.3, -0.25) is 0 Å². The highest BCUT2D eigenvalue weighted by Crippen LogP contribution is 2.40. The third kappa shape index (κ3) is 3.32. The Bertz CT molecular complexity index is 245. The van der Waals surface area contributed by atoms with Gasteiger partial charge in [0.25, 0.3) is 0 Å². The summed E-state index contributed by atoms with van der Waals surface area (Å²) in [5, 5.41) is 3.43. The molecule has 0 aromatic carbocycles. The molecule has 1 heterocycles. The van der Waals surface area contributed by atoms with Crippen LogP contribution in [0.5, 0.6) is 0 Å². The summed E-state index contributed by atoms with van der Waals surface area (Å²) in [6.07, 6.45) is 8.27. The van der Waals surface area contributed by atoms with Crippen LogP contribution in [-0.4, -0.2) is 25.8 Å². The van der Waals surface area contributed by atoms with Crippen LogP contribution in [0.15, 0.2) is 11.6 Å². The van der Waals surface area contributed by atoms with Crippen molar-refractivity contribution in [2.24, 2.45) is 5.41 Å². The molecule has 1 aliphatic heterocycles. The van der Waals surface area contributed by atoms with E-state index >= 15 is 0 Å². The summed E-state index contributed by atoms with van der Waals surface area (Å²) in [7, 11) is 0. The number of hydrogen-bond acceptors (Lipinski definition) is 2. The number of allylic oxidation sites excluding steroid dienone is 1. The van der Waals surface area contributed by atoms with E-state index in [4.69, 9.17) is 4.74 Å². The molecule has 2 nitrogen and oxygen atoms in total. The van der Waals surface area contributed by atoms with E-state index in [1.807, 2.05) is 0 Å². The third-order valence-electron chi connectivity index (χ3n) is 3.50. The molecule has 1 aliphatic carbocycles. The zero-order valence-corrected chi connectivity index (χ0v) is 10.0. The van der Waals surface area contributed by atoms with E-state index in [1.54, 1.807) is 5.57 Å². The van der Waals surface area contributed by atoms with Gasteiger partial charge in [0.2, 0.25) is 0 Å². The first-order valence-corrected chi connectivity index (χ1v) is 6.25. The summed E-state index contributed by atoms with van der Waals surface area (Å²) in [5.74, 6) is 0. The average Bonchev–Trinajstić information content (AvgIpc) is 2.98. The Hall–Kier alpha value is -0.340. The molecule has 15 heavy (non-hydrogen) atoms. The van der Waals surface area contributed by atoms with Crippen LogP contribution >= 0.6 is 0 Å². The molecule has 2 heteroatoms. The van der Waals surface area contributed by atoms with Gasteiger partial charge in [-0.15, -0.1) is 0 Å². The molecule has 0 aromatic rings. The van der Waals surface area contributed by atoms with E-state index in [2.05, 4.69) is 25.2 Å². The molecular formula is C13H23NO. The minimum Gasteiger partial charge on any atom is -0.373 e. The van der Waals surface area contributed by atoms with Gasteiger partial charge in [0.05, 0.1) is 12.7 Å². The summed E-state index contributed by atoms with van der Waals surface area (Å²) in [6, 6.07) is 0. The minimum atomic E-state index is 0.407. The van der Waals surface area contributed by atoms with Crippen LogP contribution in [0, 0.1) is 5.41 Å². The molecule has 2 aliphatic rings. The highest BCUT2D eigenvalue weighted by molar-refractivity contribution is 5.14. The van der Waals surface area contributed by atoms with E-state index in [0.717, 1.165) is 19.7 Å². The second-order valence-corrected chi connectivity index (χ2v) is 5.25. The monoisotopic (exact) mass is 209 g/mol. The van der Waals surface area contributed by atoms with E-state index in [1.165, 1.54) is 25.7 Å². The SMILES string of the molecule is CCNCC1=C[C@@](C)(CC2CO2)CCC1. The lowest BCUT2D eigenvalue weighted by Gasteiger charge is -2.31. The van der Waals surface area contributed by atoms with Crippen LogP contribution in [0.25, 0.3) is 0 Å². The summed E-state index contributed by atoms with van der Waals surface area (Å²) in [6.45, 7) is 7.70. The van der Waals surface area contributed by atoms with Crippen molar-refractivity contribution in [3.8, 4) is 0 Å². The smallest absolute Gasteiger partial charge is 0.0818 e. The first-order valence-electron chi connectivity index (χ1n) is 6.25. The number of likely N-dealkylation sites (N-methyl/N-ethyl adjacent to an activating group) is 1. The predicted molar refractivity (Wildman–Crippen MR) is 62.9 cm³/mol. The third-order valence-corrected chi connectivity index (χ3v) is 3.50. The molecule has 0 aromatic heterocycles. The Kier molecular flexibility index (Phi) is 3.47. The summed E-state index contributed by atoms with van der Waals surface area (Å²) < 4.78 is 5.35. The molecule has 0 radical (unpaired) electrons. The van der Waals surface area contributed by atoms with Gasteiger partial charge in [-0.05, 0) is 37.6 Å². The van der Waals surface area contributed by atoms with Gasteiger partial charge in [0.1, 0.15) is 0 Å². The van der Waals surface area contributed by atoms with Crippen LogP contribution in [0.2, 0.25) is 0 Å². The van der Waals surface area contributed by atoms with E-state index in [-0.39, 0.29) is 0 Å². The normalized spacial score (nSPS) is 35.1. The summed E-state index contributed by atoms with van der Waals surface area (Å²) in [5.41, 5.74) is 2.01. The van der Waals surface area contributed by atoms with E-state index < -0.39 is 0 Å². The maximum atomic E-state index is 5.35. The first-order chi connectivity index (χ1) is 7.22. The number of ether oxygens (including phenoxy) is 1. The lowest BCUT2D eigenvalue weighted by Crippen LogP contribution is -2.24. The van der Waals surface area contributed by atoms with Crippen molar-refractivity contribution in [1.82, 2.24) is 5.32 Å². The van der Waals surface area contributed by atoms with Gasteiger partial charge in [-0.25, -0.2) is 0 Å². The number of rotatable bonds is 5. The maximum Gasteiger partial charge on any atom is 0.0818 e. The number of hydrogen-bond donors (Lipinski definition) is 1. The lowest BCUT2D eigenvalue weighted by molar-refractivity contribution is 0.277. The second kappa shape index (κ2) is 4.67. The van der Waals surface area contributed by atoms with Crippen molar-refractivity contribution in [2.75, 3.05) is 19.7 Å². The lowest BCUT2D eigenvalue weighted by atomic mass is 9.75. The number of nitrogens with one attached hydrogen (secondary N) is 1. The van der Waals surface area contributed by atoms with Gasteiger partial charge in [0.15, 0.2) is 0 Å². The molecule has 0 amide bonds. The molecule has 1 fully saturated rings. The zero-order valence-electron chi connectivity index (χ0n) is 10.0. The fourth-order valence-corrected chi connectivity index (χ4v) is 2.65. The quantitative estimate of drug-likeness (QED) is 0.556. The average molecular weight is 209 g/mol. The van der Waals surface area contributed by atoms with Gasteiger partial charge in [-0.2, -0.15) is 0 Å². The van der Waals surface area contributed by atoms with Crippen molar-refractivity contribution >= 4 is 0 Å². The Morgan fingerprint density at radius 1 is 1.60 bits per heavy atom. The Morgan fingerprint density at radius 2 is 2.40 bits per heavy atom. The van der Waals surface area contributed by atoms with E-state index in [0.29, 0.717) is 11.5 Å². The molecule has 0 spiro atoms. The molecular weight excluding hydrogens is 186 g/mol. The fraction of sp³-hybridized carbons (Fsp3) is 0.846. The zero-order chi connectivity index (χ0) is 10.7. The highest BCUT2D eigenvalue weighted by Gasteiger charge is 2.34. The maximum absolute atomic E-state index is 5.35. The predicted octanol–water partition coefficient (Wildman–Crippen LogP) is 2.50. The standard InChI is InChI=1S/C13H23NO/c1-3-14-9-11-5-4-6-13(2,7-11)8-12-10-15-12/h7,12,14H,3-6,8-10H2,1-2H3/t12?,13-/m0/s1. The summed E-state index contributed by atoms with van der Waals surface area (Å²) >= 11 is 0. The number of epoxide rings is 1. The van der Waals surface area contributed by atoms with Crippen LogP contribution in [-0.2, 0) is 4.74 Å². The molecule has 1 unspecified atom stereocenters.